The number of nitrogens with one attached hydrogen (secondary N) is 1. The Morgan fingerprint density at radius 2 is 2.00 bits per heavy atom. The second-order valence-electron chi connectivity index (χ2n) is 10.2. The SMILES string of the molecule is CC(=O)C[C@@H](NC(=O)[C@H](CC(C)C)n1cnc2ccccc2c1=O)c1cncc(N2CCOC[C@@H]2C)c1. The van der Waals surface area contributed by atoms with Gasteiger partial charge in [-0.05, 0) is 49.9 Å². The van der Waals surface area contributed by atoms with E-state index >= 15 is 0 Å². The lowest BCUT2D eigenvalue weighted by molar-refractivity contribution is -0.126. The molecule has 1 N–H and O–H groups in total. The minimum Gasteiger partial charge on any atom is -0.377 e. The molecule has 3 atom stereocenters. The van der Waals surface area contributed by atoms with Crippen LogP contribution in [0.5, 0.6) is 0 Å². The Morgan fingerprint density at radius 3 is 2.73 bits per heavy atom. The second-order valence-corrected chi connectivity index (χ2v) is 10.2. The normalized spacial score (nSPS) is 17.5. The van der Waals surface area contributed by atoms with E-state index < -0.39 is 12.1 Å². The van der Waals surface area contributed by atoms with Gasteiger partial charge in [0, 0.05) is 25.2 Å². The summed E-state index contributed by atoms with van der Waals surface area (Å²) in [6, 6.07) is 7.92. The summed E-state index contributed by atoms with van der Waals surface area (Å²) in [7, 11) is 0. The van der Waals surface area contributed by atoms with E-state index in [1.165, 1.54) is 17.8 Å². The zero-order valence-electron chi connectivity index (χ0n) is 21.9. The molecule has 1 amide bonds. The van der Waals surface area contributed by atoms with Crippen molar-refractivity contribution in [2.24, 2.45) is 5.92 Å². The minimum atomic E-state index is -0.769. The molecule has 0 bridgehead atoms. The van der Waals surface area contributed by atoms with Crippen LogP contribution in [0.25, 0.3) is 10.9 Å². The van der Waals surface area contributed by atoms with E-state index in [9.17, 15) is 14.4 Å². The van der Waals surface area contributed by atoms with Crippen molar-refractivity contribution in [3.63, 3.8) is 0 Å². The number of anilines is 1. The van der Waals surface area contributed by atoms with Crippen LogP contribution in [-0.4, -0.2) is 52.0 Å². The van der Waals surface area contributed by atoms with Gasteiger partial charge >= 0.3 is 0 Å². The molecule has 0 spiro atoms. The van der Waals surface area contributed by atoms with E-state index in [0.717, 1.165) is 17.8 Å². The summed E-state index contributed by atoms with van der Waals surface area (Å²) in [5, 5.41) is 3.52. The zero-order valence-corrected chi connectivity index (χ0v) is 21.9. The van der Waals surface area contributed by atoms with Crippen molar-refractivity contribution in [3.8, 4) is 0 Å². The van der Waals surface area contributed by atoms with Crippen molar-refractivity contribution >= 4 is 28.3 Å². The molecule has 9 nitrogen and oxygen atoms in total. The first-order chi connectivity index (χ1) is 17.7. The molecule has 3 heterocycles. The molecule has 9 heteroatoms. The first-order valence-corrected chi connectivity index (χ1v) is 12.8. The third-order valence-electron chi connectivity index (χ3n) is 6.68. The van der Waals surface area contributed by atoms with E-state index in [-0.39, 0.29) is 35.6 Å². The third kappa shape index (κ3) is 6.22. The van der Waals surface area contributed by atoms with Gasteiger partial charge < -0.3 is 15.0 Å². The van der Waals surface area contributed by atoms with Gasteiger partial charge in [0.2, 0.25) is 5.91 Å². The van der Waals surface area contributed by atoms with Gasteiger partial charge in [0.25, 0.3) is 5.56 Å². The van der Waals surface area contributed by atoms with Crippen LogP contribution in [0.15, 0.2) is 53.8 Å². The summed E-state index contributed by atoms with van der Waals surface area (Å²) in [6.45, 7) is 9.60. The Morgan fingerprint density at radius 1 is 1.22 bits per heavy atom. The number of benzene rings is 1. The number of amides is 1. The monoisotopic (exact) mass is 505 g/mol. The fourth-order valence-electron chi connectivity index (χ4n) is 4.81. The maximum Gasteiger partial charge on any atom is 0.261 e. The van der Waals surface area contributed by atoms with Crippen LogP contribution < -0.4 is 15.8 Å². The number of pyridine rings is 1. The molecule has 37 heavy (non-hydrogen) atoms. The Labute approximate surface area is 216 Å². The predicted octanol–water partition coefficient (Wildman–Crippen LogP) is 3.44. The molecule has 0 saturated carbocycles. The lowest BCUT2D eigenvalue weighted by Gasteiger charge is -2.35. The molecule has 4 rings (SSSR count). The van der Waals surface area contributed by atoms with E-state index in [1.807, 2.05) is 26.0 Å². The van der Waals surface area contributed by atoms with Crippen LogP contribution >= 0.6 is 0 Å². The second kappa shape index (κ2) is 11.6. The van der Waals surface area contributed by atoms with Crippen LogP contribution in [0.4, 0.5) is 5.69 Å². The number of Topliss-reactive ketones (excluding diaryl/α,β-unsaturated/α-hetero) is 1. The maximum atomic E-state index is 13.7. The fourth-order valence-corrected chi connectivity index (χ4v) is 4.81. The van der Waals surface area contributed by atoms with Crippen LogP contribution in [0.1, 0.15) is 58.2 Å². The fraction of sp³-hybridized carbons (Fsp3) is 0.464. The number of para-hydroxylation sites is 1. The van der Waals surface area contributed by atoms with Crippen LogP contribution in [0.3, 0.4) is 0 Å². The van der Waals surface area contributed by atoms with Gasteiger partial charge in [0.1, 0.15) is 11.8 Å². The summed E-state index contributed by atoms with van der Waals surface area (Å²) in [5.74, 6) is -0.238. The van der Waals surface area contributed by atoms with Crippen molar-refractivity contribution in [2.75, 3.05) is 24.7 Å². The number of morpholine rings is 1. The number of nitrogens with zero attached hydrogens (tertiary/aromatic N) is 4. The molecule has 1 aromatic carbocycles. The Bertz CT molecular complexity index is 1320. The van der Waals surface area contributed by atoms with Crippen molar-refractivity contribution in [2.45, 2.75) is 58.7 Å². The number of carbonyl (C=O) groups is 2. The summed E-state index contributed by atoms with van der Waals surface area (Å²) in [5.41, 5.74) is 1.98. The largest absolute Gasteiger partial charge is 0.377 e. The smallest absolute Gasteiger partial charge is 0.261 e. The molecular weight excluding hydrogens is 470 g/mol. The number of hydrogen-bond donors (Lipinski definition) is 1. The van der Waals surface area contributed by atoms with Crippen molar-refractivity contribution in [1.29, 1.82) is 0 Å². The molecule has 3 aromatic rings. The Hall–Kier alpha value is -3.59. The van der Waals surface area contributed by atoms with Gasteiger partial charge in [0.05, 0.1) is 48.4 Å². The summed E-state index contributed by atoms with van der Waals surface area (Å²) >= 11 is 0. The Balaban J connectivity index is 1.66. The molecule has 196 valence electrons. The quantitative estimate of drug-likeness (QED) is 0.475. The Kier molecular flexibility index (Phi) is 8.33. The van der Waals surface area contributed by atoms with E-state index in [0.29, 0.717) is 30.5 Å². The summed E-state index contributed by atoms with van der Waals surface area (Å²) < 4.78 is 6.97. The van der Waals surface area contributed by atoms with Crippen LogP contribution in [-0.2, 0) is 14.3 Å². The molecular formula is C28H35N5O4. The van der Waals surface area contributed by atoms with Crippen LogP contribution in [0, 0.1) is 5.92 Å². The van der Waals surface area contributed by atoms with E-state index in [2.05, 4.69) is 27.1 Å². The van der Waals surface area contributed by atoms with Gasteiger partial charge in [0.15, 0.2) is 0 Å². The number of carbonyl (C=O) groups excluding carboxylic acids is 2. The van der Waals surface area contributed by atoms with Crippen molar-refractivity contribution in [3.05, 3.63) is 65.0 Å². The molecule has 0 aliphatic carbocycles. The lowest BCUT2D eigenvalue weighted by atomic mass is 9.99. The number of rotatable bonds is 9. The number of ether oxygens (including phenoxy) is 1. The average Bonchev–Trinajstić information content (AvgIpc) is 2.87. The van der Waals surface area contributed by atoms with Gasteiger partial charge in [-0.1, -0.05) is 26.0 Å². The molecule has 0 unspecified atom stereocenters. The van der Waals surface area contributed by atoms with Gasteiger partial charge in [-0.2, -0.15) is 0 Å². The predicted molar refractivity (Wildman–Crippen MR) is 143 cm³/mol. The van der Waals surface area contributed by atoms with Crippen LogP contribution in [0.2, 0.25) is 0 Å². The molecule has 0 radical (unpaired) electrons. The molecule has 1 saturated heterocycles. The first-order valence-electron chi connectivity index (χ1n) is 12.8. The highest BCUT2D eigenvalue weighted by molar-refractivity contribution is 5.83. The lowest BCUT2D eigenvalue weighted by Crippen LogP contribution is -2.44. The highest BCUT2D eigenvalue weighted by Gasteiger charge is 2.28. The number of fused-ring (bicyclic) bond motifs is 1. The maximum absolute atomic E-state index is 13.7. The van der Waals surface area contributed by atoms with Gasteiger partial charge in [-0.25, -0.2) is 4.98 Å². The summed E-state index contributed by atoms with van der Waals surface area (Å²) in [6.07, 6.45) is 5.49. The number of aromatic nitrogens is 3. The van der Waals surface area contributed by atoms with E-state index in [4.69, 9.17) is 4.74 Å². The highest BCUT2D eigenvalue weighted by atomic mass is 16.5. The van der Waals surface area contributed by atoms with Crippen molar-refractivity contribution in [1.82, 2.24) is 19.9 Å². The average molecular weight is 506 g/mol. The van der Waals surface area contributed by atoms with Gasteiger partial charge in [-0.3, -0.25) is 23.9 Å². The van der Waals surface area contributed by atoms with Crippen molar-refractivity contribution < 1.29 is 14.3 Å². The standard InChI is InChI=1S/C28H35N5O4/c1-18(2)11-26(33-17-30-24-8-6-5-7-23(24)28(33)36)27(35)31-25(12-20(4)34)21-13-22(15-29-14-21)32-9-10-37-16-19(32)3/h5-8,13-15,17-19,25-26H,9-12,16H2,1-4H3,(H,31,35)/t19-,25+,26-/m0/s1. The zero-order chi connectivity index (χ0) is 26.5. The third-order valence-corrected chi connectivity index (χ3v) is 6.68. The summed E-state index contributed by atoms with van der Waals surface area (Å²) in [4.78, 5) is 50.3. The minimum absolute atomic E-state index is 0.0552. The molecule has 1 aliphatic rings. The first kappa shape index (κ1) is 26.5. The topological polar surface area (TPSA) is 106 Å². The number of hydrogen-bond acceptors (Lipinski definition) is 7. The molecule has 1 aliphatic heterocycles. The van der Waals surface area contributed by atoms with E-state index in [1.54, 1.807) is 30.6 Å². The molecule has 1 fully saturated rings. The molecule has 2 aromatic heterocycles. The van der Waals surface area contributed by atoms with Gasteiger partial charge in [-0.15, -0.1) is 0 Å². The highest BCUT2D eigenvalue weighted by Crippen LogP contribution is 2.26. The number of ketones is 1.